The smallest absolute Gasteiger partial charge is 0.369 e. The molecule has 3 aromatic heterocycles. The van der Waals surface area contributed by atoms with Crippen molar-refractivity contribution in [3.05, 3.63) is 85.3 Å². The normalized spacial score (nSPS) is 14.3. The highest BCUT2D eigenvalue weighted by Crippen LogP contribution is 2.41. The van der Waals surface area contributed by atoms with E-state index < -0.39 is 6.30 Å². The Morgan fingerprint density at radius 2 is 1.70 bits per heavy atom. The molecule has 1 aliphatic heterocycles. The van der Waals surface area contributed by atoms with Gasteiger partial charge in [-0.2, -0.15) is 9.78 Å². The van der Waals surface area contributed by atoms with E-state index in [4.69, 9.17) is 0 Å². The van der Waals surface area contributed by atoms with Gasteiger partial charge in [0, 0.05) is 72.0 Å². The number of nitrogens with one attached hydrogen (secondary N) is 2. The maximum atomic E-state index is 13.2. The van der Waals surface area contributed by atoms with Crippen molar-refractivity contribution in [3.63, 3.8) is 0 Å². The number of hydrogen-bond acceptors (Lipinski definition) is 5. The summed E-state index contributed by atoms with van der Waals surface area (Å²) in [6.45, 7) is 9.35. The quantitative estimate of drug-likeness (QED) is 0.225. The summed E-state index contributed by atoms with van der Waals surface area (Å²) in [4.78, 5) is 24.9. The van der Waals surface area contributed by atoms with Gasteiger partial charge in [-0.3, -0.25) is 4.79 Å². The van der Waals surface area contributed by atoms with Crippen molar-refractivity contribution in [2.24, 2.45) is 0 Å². The van der Waals surface area contributed by atoms with Gasteiger partial charge in [-0.15, -0.1) is 13.2 Å². The third-order valence-electron chi connectivity index (χ3n) is 7.82. The van der Waals surface area contributed by atoms with Crippen LogP contribution < -0.4 is 10.2 Å². The number of aromatic amines is 1. The molecule has 1 amide bonds. The summed E-state index contributed by atoms with van der Waals surface area (Å²) in [5.41, 5.74) is 7.35. The minimum absolute atomic E-state index is 0.0214. The summed E-state index contributed by atoms with van der Waals surface area (Å²) in [7, 11) is 2.12. The Morgan fingerprint density at radius 3 is 2.37 bits per heavy atom. The van der Waals surface area contributed by atoms with Crippen LogP contribution in [-0.2, 0) is 11.1 Å². The van der Waals surface area contributed by atoms with Gasteiger partial charge in [0.25, 0.3) is 0 Å². The maximum absolute atomic E-state index is 13.2. The first-order chi connectivity index (χ1) is 20.6. The number of H-pyrrole nitrogens is 1. The zero-order valence-corrected chi connectivity index (χ0v) is 23.7. The number of pyridine rings is 1. The number of hydrogen-bond donors (Lipinski definition) is 2. The van der Waals surface area contributed by atoms with E-state index in [9.17, 15) is 18.0 Å². The molecule has 0 aliphatic carbocycles. The number of alkyl halides is 3. The van der Waals surface area contributed by atoms with Gasteiger partial charge in [-0.1, -0.05) is 30.8 Å². The zero-order chi connectivity index (χ0) is 30.3. The van der Waals surface area contributed by atoms with Crippen LogP contribution >= 0.6 is 0 Å². The number of nitrogens with zero attached hydrogens (tertiary/aromatic N) is 5. The Labute approximate surface area is 246 Å². The summed E-state index contributed by atoms with van der Waals surface area (Å²) in [5.74, 6) is -0.329. The second-order valence-electron chi connectivity index (χ2n) is 10.7. The number of rotatable bonds is 6. The van der Waals surface area contributed by atoms with Gasteiger partial charge in [0.05, 0.1) is 11.9 Å². The van der Waals surface area contributed by atoms with Crippen molar-refractivity contribution in [2.75, 3.05) is 43.4 Å². The van der Waals surface area contributed by atoms with Gasteiger partial charge in [0.15, 0.2) is 0 Å². The van der Waals surface area contributed by atoms with E-state index in [1.165, 1.54) is 18.5 Å². The molecule has 220 valence electrons. The molecule has 2 aromatic carbocycles. The van der Waals surface area contributed by atoms with Crippen LogP contribution in [0.4, 0.5) is 24.5 Å². The molecule has 4 heterocycles. The van der Waals surface area contributed by atoms with E-state index in [1.54, 1.807) is 0 Å². The van der Waals surface area contributed by atoms with Gasteiger partial charge in [0.1, 0.15) is 5.65 Å². The number of anilines is 2. The van der Waals surface area contributed by atoms with E-state index in [0.717, 1.165) is 71.4 Å². The summed E-state index contributed by atoms with van der Waals surface area (Å²) >= 11 is 0. The predicted octanol–water partition coefficient (Wildman–Crippen LogP) is 6.42. The van der Waals surface area contributed by atoms with Crippen LogP contribution in [0.25, 0.3) is 44.5 Å². The fraction of sp³-hybridized carbons (Fsp3) is 0.219. The molecule has 6 rings (SSSR count). The number of piperazine rings is 1. The van der Waals surface area contributed by atoms with Crippen molar-refractivity contribution >= 4 is 28.3 Å². The van der Waals surface area contributed by atoms with Crippen LogP contribution in [0.15, 0.2) is 79.8 Å². The summed E-state index contributed by atoms with van der Waals surface area (Å²) in [5, 5.41) is 7.07. The van der Waals surface area contributed by atoms with E-state index in [-0.39, 0.29) is 10.6 Å². The van der Waals surface area contributed by atoms with Crippen LogP contribution in [0, 0.1) is 6.92 Å². The highest BCUT2D eigenvalue weighted by molar-refractivity contribution is 6.05. The number of fused-ring (bicyclic) bond motifs is 1. The number of halogens is 3. The van der Waals surface area contributed by atoms with Gasteiger partial charge in [-0.25, -0.2) is 4.98 Å². The molecule has 0 saturated carbocycles. The summed E-state index contributed by atoms with van der Waals surface area (Å²) in [6.07, 6.45) is 0.248. The lowest BCUT2D eigenvalue weighted by Crippen LogP contribution is -2.44. The number of carbonyl (C=O) groups excluding carboxylic acids is 1. The van der Waals surface area contributed by atoms with Crippen LogP contribution in [-0.4, -0.2) is 63.8 Å². The molecule has 1 saturated heterocycles. The fourth-order valence-electron chi connectivity index (χ4n) is 5.35. The topological polar surface area (TPSA) is 82.1 Å². The molecule has 0 bridgehead atoms. The van der Waals surface area contributed by atoms with Crippen molar-refractivity contribution in [1.29, 1.82) is 0 Å². The molecule has 8 nitrogen and oxygen atoms in total. The van der Waals surface area contributed by atoms with Gasteiger partial charge in [0.2, 0.25) is 5.91 Å². The highest BCUT2D eigenvalue weighted by Gasteiger charge is 2.31. The lowest BCUT2D eigenvalue weighted by molar-refractivity contribution is -0.212. The molecule has 1 fully saturated rings. The Balaban J connectivity index is 1.48. The van der Waals surface area contributed by atoms with Crippen molar-refractivity contribution < 1.29 is 18.0 Å². The molecule has 0 spiro atoms. The van der Waals surface area contributed by atoms with E-state index in [2.05, 4.69) is 68.1 Å². The number of benzene rings is 2. The van der Waals surface area contributed by atoms with E-state index in [0.29, 0.717) is 22.5 Å². The third kappa shape index (κ3) is 5.63. The second kappa shape index (κ2) is 11.1. The SMILES string of the molecule is C=CC(=O)Nc1cc(-c2c(-c3ccc(N4CCN(C)CC4)cc3)[nH]c3ncc(-c4cnn(C(F)(F)F)c4)cc23)ccc1C. The first-order valence-electron chi connectivity index (χ1n) is 13.8. The van der Waals surface area contributed by atoms with Crippen LogP contribution in [0.1, 0.15) is 5.56 Å². The Morgan fingerprint density at radius 1 is 0.977 bits per heavy atom. The Bertz CT molecular complexity index is 1810. The standard InChI is InChI=1S/C32H30F3N7O/c1-4-28(43)38-27-16-22(6-5-20(27)2)29-26-15-23(24-18-37-42(19-24)32(33,34)35)17-36-31(26)39-30(29)21-7-9-25(10-8-21)41-13-11-40(3)12-14-41/h4-10,15-19H,1,11-14H2,2-3H3,(H,36,39)(H,38,43). The molecule has 1 aliphatic rings. The Kier molecular flexibility index (Phi) is 7.26. The van der Waals surface area contributed by atoms with Crippen molar-refractivity contribution in [2.45, 2.75) is 13.2 Å². The number of carbonyl (C=O) groups is 1. The minimum Gasteiger partial charge on any atom is -0.369 e. The molecule has 43 heavy (non-hydrogen) atoms. The summed E-state index contributed by atoms with van der Waals surface area (Å²) in [6, 6.07) is 15.9. The molecule has 0 unspecified atom stereocenters. The Hall–Kier alpha value is -4.90. The summed E-state index contributed by atoms with van der Waals surface area (Å²) < 4.78 is 39.7. The molecule has 5 aromatic rings. The lowest BCUT2D eigenvalue weighted by Gasteiger charge is -2.34. The van der Waals surface area contributed by atoms with Crippen LogP contribution in [0.3, 0.4) is 0 Å². The minimum atomic E-state index is -4.62. The number of aromatic nitrogens is 4. The third-order valence-corrected chi connectivity index (χ3v) is 7.82. The largest absolute Gasteiger partial charge is 0.504 e. The monoisotopic (exact) mass is 585 g/mol. The number of likely N-dealkylation sites (N-methyl/N-ethyl adjacent to an activating group) is 1. The fourth-order valence-corrected chi connectivity index (χ4v) is 5.35. The molecule has 0 atom stereocenters. The van der Waals surface area contributed by atoms with E-state index >= 15 is 0 Å². The molecular weight excluding hydrogens is 555 g/mol. The number of amides is 1. The predicted molar refractivity (Wildman–Crippen MR) is 163 cm³/mol. The maximum Gasteiger partial charge on any atom is 0.504 e. The van der Waals surface area contributed by atoms with Gasteiger partial charge < -0.3 is 20.1 Å². The highest BCUT2D eigenvalue weighted by atomic mass is 19.4. The second-order valence-corrected chi connectivity index (χ2v) is 10.7. The van der Waals surface area contributed by atoms with Crippen LogP contribution in [0.5, 0.6) is 0 Å². The number of aryl methyl sites for hydroxylation is 1. The average Bonchev–Trinajstić information content (AvgIpc) is 3.64. The lowest BCUT2D eigenvalue weighted by atomic mass is 9.96. The van der Waals surface area contributed by atoms with Gasteiger partial charge in [-0.05, 0) is 61.0 Å². The molecule has 2 N–H and O–H groups in total. The van der Waals surface area contributed by atoms with Crippen molar-refractivity contribution in [3.8, 4) is 33.5 Å². The first kappa shape index (κ1) is 28.2. The molecule has 0 radical (unpaired) electrons. The molecular formula is C32H30F3N7O. The molecule has 11 heteroatoms. The van der Waals surface area contributed by atoms with Crippen LogP contribution in [0.2, 0.25) is 0 Å². The van der Waals surface area contributed by atoms with Crippen molar-refractivity contribution in [1.82, 2.24) is 24.6 Å². The first-order valence-corrected chi connectivity index (χ1v) is 13.8. The zero-order valence-electron chi connectivity index (χ0n) is 23.7. The van der Waals surface area contributed by atoms with E-state index in [1.807, 2.05) is 31.2 Å². The van der Waals surface area contributed by atoms with Gasteiger partial charge >= 0.3 is 6.30 Å². The average molecular weight is 586 g/mol.